The first-order chi connectivity index (χ1) is 20.3. The van der Waals surface area contributed by atoms with Gasteiger partial charge in [-0.3, -0.25) is 4.79 Å². The zero-order chi connectivity index (χ0) is 29.5. The summed E-state index contributed by atoms with van der Waals surface area (Å²) in [5.74, 6) is 2.48. The first-order valence-corrected chi connectivity index (χ1v) is 16.2. The van der Waals surface area contributed by atoms with E-state index >= 15 is 0 Å². The second kappa shape index (κ2) is 13.9. The average Bonchev–Trinajstić information content (AvgIpc) is 2.98. The Bertz CT molecular complexity index is 1290. The SMILES string of the molecule is CC(C)(C)c1ccc(CC[C@H](O)CCCCC2CCCCC2)cc1NC(=O)CC1c2ccccc2Oc2ccccc21. The molecule has 2 N–H and O–H groups in total. The zero-order valence-corrected chi connectivity index (χ0v) is 25.8. The van der Waals surface area contributed by atoms with E-state index in [9.17, 15) is 9.90 Å². The van der Waals surface area contributed by atoms with Gasteiger partial charge < -0.3 is 15.2 Å². The molecule has 0 saturated heterocycles. The number of aryl methyl sites for hydroxylation is 1. The first kappa shape index (κ1) is 30.4. The van der Waals surface area contributed by atoms with E-state index in [-0.39, 0.29) is 23.3 Å². The van der Waals surface area contributed by atoms with Gasteiger partial charge in [-0.05, 0) is 59.9 Å². The van der Waals surface area contributed by atoms with E-state index in [1.165, 1.54) is 44.9 Å². The summed E-state index contributed by atoms with van der Waals surface area (Å²) in [6, 6.07) is 22.5. The number of aliphatic hydroxyl groups is 1. The zero-order valence-electron chi connectivity index (χ0n) is 25.8. The van der Waals surface area contributed by atoms with Gasteiger partial charge in [0.25, 0.3) is 0 Å². The van der Waals surface area contributed by atoms with Gasteiger partial charge in [-0.25, -0.2) is 0 Å². The van der Waals surface area contributed by atoms with E-state index < -0.39 is 0 Å². The van der Waals surface area contributed by atoms with Gasteiger partial charge in [0.05, 0.1) is 6.10 Å². The van der Waals surface area contributed by atoms with E-state index in [1.807, 2.05) is 36.4 Å². The molecule has 1 fully saturated rings. The monoisotopic (exact) mass is 567 g/mol. The number of rotatable bonds is 11. The Kier molecular flexibility index (Phi) is 10.1. The molecule has 0 spiro atoms. The van der Waals surface area contributed by atoms with Crippen molar-refractivity contribution in [2.75, 3.05) is 5.32 Å². The third-order valence-electron chi connectivity index (χ3n) is 9.26. The molecule has 1 aliphatic carbocycles. The highest BCUT2D eigenvalue weighted by atomic mass is 16.5. The van der Waals surface area contributed by atoms with Gasteiger partial charge in [-0.2, -0.15) is 0 Å². The number of carbonyl (C=O) groups excluding carboxylic acids is 1. The van der Waals surface area contributed by atoms with Crippen molar-refractivity contribution < 1.29 is 14.6 Å². The van der Waals surface area contributed by atoms with Crippen molar-refractivity contribution in [3.63, 3.8) is 0 Å². The molecular formula is C38H49NO3. The standard InChI is InChI=1S/C38H49NO3/c1-38(2,3)33-24-22-28(21-23-29(40)16-8-7-15-27-13-5-4-6-14-27)25-34(33)39-37(41)26-32-30-17-9-11-19-35(30)42-36-20-12-10-18-31(32)36/h9-12,17-20,22,24-25,27,29,32,40H,4-8,13-16,21,23,26H2,1-3H3,(H,39,41)/t29-/m1/s1. The molecule has 4 heteroatoms. The van der Waals surface area contributed by atoms with Crippen LogP contribution >= 0.6 is 0 Å². The van der Waals surface area contributed by atoms with E-state index in [1.54, 1.807) is 0 Å². The van der Waals surface area contributed by atoms with Crippen LogP contribution in [0, 0.1) is 5.92 Å². The van der Waals surface area contributed by atoms with Crippen LogP contribution < -0.4 is 10.1 Å². The maximum absolute atomic E-state index is 13.6. The molecule has 1 atom stereocenters. The number of para-hydroxylation sites is 2. The second-order valence-electron chi connectivity index (χ2n) is 13.6. The van der Waals surface area contributed by atoms with Crippen LogP contribution in [0.2, 0.25) is 0 Å². The van der Waals surface area contributed by atoms with Crippen LogP contribution in [0.15, 0.2) is 66.7 Å². The molecule has 2 aliphatic rings. The number of hydrogen-bond acceptors (Lipinski definition) is 3. The predicted octanol–water partition coefficient (Wildman–Crippen LogP) is 9.68. The molecule has 0 bridgehead atoms. The Balaban J connectivity index is 1.21. The van der Waals surface area contributed by atoms with Gasteiger partial charge in [0.1, 0.15) is 11.5 Å². The minimum atomic E-state index is -0.273. The molecule has 5 rings (SSSR count). The number of fused-ring (bicyclic) bond motifs is 2. The van der Waals surface area contributed by atoms with Crippen molar-refractivity contribution in [1.82, 2.24) is 0 Å². The first-order valence-electron chi connectivity index (χ1n) is 16.2. The topological polar surface area (TPSA) is 58.6 Å². The van der Waals surface area contributed by atoms with Crippen molar-refractivity contribution in [2.24, 2.45) is 5.92 Å². The van der Waals surface area contributed by atoms with E-state index in [4.69, 9.17) is 4.74 Å². The third-order valence-corrected chi connectivity index (χ3v) is 9.26. The summed E-state index contributed by atoms with van der Waals surface area (Å²) in [7, 11) is 0. The molecule has 1 heterocycles. The van der Waals surface area contributed by atoms with Gasteiger partial charge >= 0.3 is 0 Å². The number of benzene rings is 3. The Labute approximate surface area is 252 Å². The Morgan fingerprint density at radius 3 is 2.24 bits per heavy atom. The number of unbranched alkanes of at least 4 members (excludes halogenated alkanes) is 1. The number of hydrogen-bond donors (Lipinski definition) is 2. The van der Waals surface area contributed by atoms with E-state index in [0.29, 0.717) is 6.42 Å². The van der Waals surface area contributed by atoms with Crippen LogP contribution in [0.5, 0.6) is 11.5 Å². The van der Waals surface area contributed by atoms with Crippen LogP contribution in [0.4, 0.5) is 5.69 Å². The lowest BCUT2D eigenvalue weighted by atomic mass is 9.84. The number of ether oxygens (including phenoxy) is 1. The van der Waals surface area contributed by atoms with Crippen LogP contribution in [0.25, 0.3) is 0 Å². The van der Waals surface area contributed by atoms with E-state index in [2.05, 4.69) is 56.4 Å². The molecule has 3 aromatic carbocycles. The highest BCUT2D eigenvalue weighted by Crippen LogP contribution is 2.45. The summed E-state index contributed by atoms with van der Waals surface area (Å²) in [4.78, 5) is 13.6. The van der Waals surface area contributed by atoms with Crippen LogP contribution in [0.3, 0.4) is 0 Å². The second-order valence-corrected chi connectivity index (χ2v) is 13.6. The van der Waals surface area contributed by atoms with Gasteiger partial charge in [0.2, 0.25) is 5.91 Å². The van der Waals surface area contributed by atoms with Gasteiger partial charge in [-0.15, -0.1) is 0 Å². The minimum absolute atomic E-state index is 0.00726. The molecule has 42 heavy (non-hydrogen) atoms. The quantitative estimate of drug-likeness (QED) is 0.227. The van der Waals surface area contributed by atoms with Gasteiger partial charge in [-0.1, -0.05) is 121 Å². The number of carbonyl (C=O) groups is 1. The third kappa shape index (κ3) is 7.83. The summed E-state index contributed by atoms with van der Waals surface area (Å²) in [5.41, 5.74) is 5.13. The molecule has 1 aliphatic heterocycles. The summed E-state index contributed by atoms with van der Waals surface area (Å²) < 4.78 is 6.14. The maximum atomic E-state index is 13.6. The Morgan fingerprint density at radius 1 is 0.905 bits per heavy atom. The molecule has 0 aromatic heterocycles. The molecule has 0 unspecified atom stereocenters. The number of nitrogens with one attached hydrogen (secondary N) is 1. The summed E-state index contributed by atoms with van der Waals surface area (Å²) >= 11 is 0. The number of anilines is 1. The van der Waals surface area contributed by atoms with Crippen molar-refractivity contribution in [1.29, 1.82) is 0 Å². The molecule has 3 aromatic rings. The molecule has 1 saturated carbocycles. The molecular weight excluding hydrogens is 518 g/mol. The summed E-state index contributed by atoms with van der Waals surface area (Å²) in [6.07, 6.45) is 13.2. The van der Waals surface area contributed by atoms with Crippen molar-refractivity contribution in [3.8, 4) is 11.5 Å². The molecule has 224 valence electrons. The maximum Gasteiger partial charge on any atom is 0.225 e. The summed E-state index contributed by atoms with van der Waals surface area (Å²) in [5, 5.41) is 14.0. The fourth-order valence-corrected chi connectivity index (χ4v) is 6.89. The largest absolute Gasteiger partial charge is 0.457 e. The summed E-state index contributed by atoms with van der Waals surface area (Å²) in [6.45, 7) is 6.54. The lowest BCUT2D eigenvalue weighted by molar-refractivity contribution is -0.116. The highest BCUT2D eigenvalue weighted by Gasteiger charge is 2.29. The van der Waals surface area contributed by atoms with Crippen LogP contribution in [0.1, 0.15) is 120 Å². The van der Waals surface area contributed by atoms with Crippen LogP contribution in [-0.2, 0) is 16.6 Å². The van der Waals surface area contributed by atoms with Gasteiger partial charge in [0, 0.05) is 29.2 Å². The minimum Gasteiger partial charge on any atom is -0.457 e. The van der Waals surface area contributed by atoms with Crippen LogP contribution in [-0.4, -0.2) is 17.1 Å². The Morgan fingerprint density at radius 2 is 1.57 bits per heavy atom. The molecule has 1 amide bonds. The van der Waals surface area contributed by atoms with E-state index in [0.717, 1.165) is 71.0 Å². The smallest absolute Gasteiger partial charge is 0.225 e. The normalized spacial score (nSPS) is 16.3. The lowest BCUT2D eigenvalue weighted by Gasteiger charge is -2.28. The number of amides is 1. The van der Waals surface area contributed by atoms with Gasteiger partial charge in [0.15, 0.2) is 0 Å². The van der Waals surface area contributed by atoms with Crippen molar-refractivity contribution in [2.45, 2.75) is 115 Å². The average molecular weight is 568 g/mol. The molecule has 0 radical (unpaired) electrons. The predicted molar refractivity (Wildman–Crippen MR) is 173 cm³/mol. The lowest BCUT2D eigenvalue weighted by Crippen LogP contribution is -2.22. The van der Waals surface area contributed by atoms with Crippen molar-refractivity contribution in [3.05, 3.63) is 89.0 Å². The Hall–Kier alpha value is -3.11. The number of aliphatic hydroxyl groups excluding tert-OH is 1. The fraction of sp³-hybridized carbons (Fsp3) is 0.500. The van der Waals surface area contributed by atoms with Crippen molar-refractivity contribution >= 4 is 11.6 Å². The fourth-order valence-electron chi connectivity index (χ4n) is 6.89. The highest BCUT2D eigenvalue weighted by molar-refractivity contribution is 5.93. The molecule has 4 nitrogen and oxygen atoms in total.